The van der Waals surface area contributed by atoms with Crippen molar-refractivity contribution < 1.29 is 37.3 Å². The van der Waals surface area contributed by atoms with E-state index >= 15 is 0 Å². The summed E-state index contributed by atoms with van der Waals surface area (Å²) >= 11 is 0. The van der Waals surface area contributed by atoms with E-state index in [0.29, 0.717) is 30.3 Å². The predicted octanol–water partition coefficient (Wildman–Crippen LogP) is 14.5. The highest BCUT2D eigenvalue weighted by atomic mass is 31.2. The first kappa shape index (κ1) is 60.5. The van der Waals surface area contributed by atoms with Gasteiger partial charge in [-0.25, -0.2) is 4.57 Å². The van der Waals surface area contributed by atoms with Crippen LogP contribution in [0, 0.1) is 0 Å². The number of phosphoric ester groups is 1. The van der Waals surface area contributed by atoms with E-state index in [4.69, 9.17) is 13.8 Å². The normalized spacial score (nSPS) is 14.6. The average Bonchev–Trinajstić information content (AvgIpc) is 3.23. The van der Waals surface area contributed by atoms with Crippen molar-refractivity contribution in [2.24, 2.45) is 0 Å². The third kappa shape index (κ3) is 44.4. The molecule has 1 amide bonds. The van der Waals surface area contributed by atoms with Crippen molar-refractivity contribution in [1.82, 2.24) is 5.32 Å². The molecule has 0 spiro atoms. The van der Waals surface area contributed by atoms with Crippen molar-refractivity contribution in [1.29, 1.82) is 0 Å². The number of ether oxygens (including phenoxy) is 1. The summed E-state index contributed by atoms with van der Waals surface area (Å²) in [4.78, 5) is 37.3. The second kappa shape index (κ2) is 43.3. The molecule has 0 aliphatic rings. The summed E-state index contributed by atoms with van der Waals surface area (Å²) in [6.45, 7) is 6.78. The van der Waals surface area contributed by atoms with Gasteiger partial charge >= 0.3 is 13.8 Å². The van der Waals surface area contributed by atoms with Gasteiger partial charge in [0.1, 0.15) is 19.3 Å². The minimum Gasteiger partial charge on any atom is -0.456 e. The zero-order valence-corrected chi connectivity index (χ0v) is 42.2. The molecule has 0 heterocycles. The fourth-order valence-electron chi connectivity index (χ4n) is 6.76. The van der Waals surface area contributed by atoms with Gasteiger partial charge in [0, 0.05) is 12.8 Å². The SMILES string of the molecule is CC/C=C/C=C/C=C\CCCCCCCC(=O)NC(COP(=O)(O)OCC[N+](C)(C)C)C(/C=C/CCCCCCCCCCC)OC(=O)CC/C=C/C/C=C\CCCCCCCC. The molecule has 0 aromatic heterocycles. The summed E-state index contributed by atoms with van der Waals surface area (Å²) in [6.07, 6.45) is 53.4. The number of likely N-dealkylation sites (N-methyl/N-ethyl adjacent to an activating group) is 1. The number of carbonyl (C=O) groups is 2. The molecule has 0 radical (unpaired) electrons. The monoisotopic (exact) mass is 904 g/mol. The Bertz CT molecular complexity index is 1320. The van der Waals surface area contributed by atoms with Gasteiger partial charge in [-0.2, -0.15) is 0 Å². The molecule has 0 aromatic rings. The Balaban J connectivity index is 5.56. The third-order valence-electron chi connectivity index (χ3n) is 10.7. The molecule has 0 aliphatic heterocycles. The van der Waals surface area contributed by atoms with Gasteiger partial charge in [-0.05, 0) is 70.3 Å². The van der Waals surface area contributed by atoms with Crippen molar-refractivity contribution >= 4 is 19.7 Å². The molecule has 0 bridgehead atoms. The van der Waals surface area contributed by atoms with Gasteiger partial charge in [0.05, 0.1) is 33.8 Å². The van der Waals surface area contributed by atoms with Crippen LogP contribution in [-0.2, 0) is 27.9 Å². The van der Waals surface area contributed by atoms with E-state index in [9.17, 15) is 19.0 Å². The highest BCUT2D eigenvalue weighted by Gasteiger charge is 2.30. The van der Waals surface area contributed by atoms with Crippen LogP contribution in [0.15, 0.2) is 72.9 Å². The van der Waals surface area contributed by atoms with Crippen LogP contribution in [-0.4, -0.2) is 74.3 Å². The van der Waals surface area contributed by atoms with E-state index in [0.717, 1.165) is 70.6 Å². The van der Waals surface area contributed by atoms with Gasteiger partial charge in [0.2, 0.25) is 5.91 Å². The zero-order chi connectivity index (χ0) is 46.5. The Morgan fingerprint density at radius 3 is 1.67 bits per heavy atom. The lowest BCUT2D eigenvalue weighted by Gasteiger charge is -2.27. The number of quaternary nitrogens is 1. The summed E-state index contributed by atoms with van der Waals surface area (Å²) in [5.74, 6) is -0.615. The molecule has 3 atom stereocenters. The van der Waals surface area contributed by atoms with Crippen molar-refractivity contribution in [2.75, 3.05) is 40.9 Å². The van der Waals surface area contributed by atoms with Crippen LogP contribution in [0.25, 0.3) is 0 Å². The maximum atomic E-state index is 13.4. The summed E-state index contributed by atoms with van der Waals surface area (Å²) < 4.78 is 30.4. The smallest absolute Gasteiger partial charge is 0.456 e. The quantitative estimate of drug-likeness (QED) is 0.0156. The Kier molecular flexibility index (Phi) is 41.6. The van der Waals surface area contributed by atoms with Gasteiger partial charge in [0.15, 0.2) is 0 Å². The highest BCUT2D eigenvalue weighted by molar-refractivity contribution is 7.47. The maximum absolute atomic E-state index is 13.4. The number of hydrogen-bond acceptors (Lipinski definition) is 6. The van der Waals surface area contributed by atoms with Gasteiger partial charge in [-0.15, -0.1) is 0 Å². The highest BCUT2D eigenvalue weighted by Crippen LogP contribution is 2.43. The minimum atomic E-state index is -4.45. The predicted molar refractivity (Wildman–Crippen MR) is 268 cm³/mol. The van der Waals surface area contributed by atoms with E-state index in [2.05, 4.69) is 74.7 Å². The van der Waals surface area contributed by atoms with E-state index in [1.807, 2.05) is 45.4 Å². The van der Waals surface area contributed by atoms with Gasteiger partial charge in [-0.1, -0.05) is 190 Å². The minimum absolute atomic E-state index is 0.0256. The van der Waals surface area contributed by atoms with Crippen LogP contribution in [0.4, 0.5) is 0 Å². The van der Waals surface area contributed by atoms with Crippen molar-refractivity contribution in [3.05, 3.63) is 72.9 Å². The van der Waals surface area contributed by atoms with Gasteiger partial charge < -0.3 is 19.4 Å². The van der Waals surface area contributed by atoms with E-state index < -0.39 is 25.9 Å². The average molecular weight is 904 g/mol. The summed E-state index contributed by atoms with van der Waals surface area (Å²) in [6, 6.07) is -0.881. The zero-order valence-electron chi connectivity index (χ0n) is 41.3. The number of allylic oxidation sites excluding steroid dienone is 11. The molecule has 63 heavy (non-hydrogen) atoms. The van der Waals surface area contributed by atoms with Crippen molar-refractivity contribution in [3.8, 4) is 0 Å². The number of carbonyl (C=O) groups excluding carboxylic acids is 2. The molecule has 9 nitrogen and oxygen atoms in total. The molecular weight excluding hydrogens is 808 g/mol. The first-order valence-electron chi connectivity index (χ1n) is 25.3. The van der Waals surface area contributed by atoms with Crippen LogP contribution in [0.1, 0.15) is 201 Å². The second-order valence-electron chi connectivity index (χ2n) is 18.0. The first-order chi connectivity index (χ1) is 30.4. The van der Waals surface area contributed by atoms with Crippen LogP contribution in [0.3, 0.4) is 0 Å². The summed E-state index contributed by atoms with van der Waals surface area (Å²) in [5, 5.41) is 3.00. The second-order valence-corrected chi connectivity index (χ2v) is 19.5. The van der Waals surface area contributed by atoms with Crippen LogP contribution >= 0.6 is 7.82 Å². The maximum Gasteiger partial charge on any atom is 0.472 e. The number of unbranched alkanes of at least 4 members (excludes halogenated alkanes) is 20. The number of rotatable bonds is 44. The molecule has 2 N–H and O–H groups in total. The molecule has 0 fully saturated rings. The molecule has 0 saturated carbocycles. The summed E-state index contributed by atoms with van der Waals surface area (Å²) in [7, 11) is 1.44. The number of nitrogens with one attached hydrogen (secondary N) is 1. The Morgan fingerprint density at radius 2 is 1.10 bits per heavy atom. The topological polar surface area (TPSA) is 111 Å². The lowest BCUT2D eigenvalue weighted by Crippen LogP contribution is -2.47. The third-order valence-corrected chi connectivity index (χ3v) is 11.7. The Labute approximate surface area is 387 Å². The van der Waals surface area contributed by atoms with Gasteiger partial charge in [-0.3, -0.25) is 18.6 Å². The number of amides is 1. The molecule has 0 saturated heterocycles. The van der Waals surface area contributed by atoms with Crippen LogP contribution in [0.5, 0.6) is 0 Å². The molecule has 0 aliphatic carbocycles. The number of nitrogens with zero attached hydrogens (tertiary/aromatic N) is 1. The number of hydrogen-bond donors (Lipinski definition) is 2. The van der Waals surface area contributed by atoms with E-state index in [1.54, 1.807) is 0 Å². The Hall–Kier alpha value is -2.55. The van der Waals surface area contributed by atoms with Gasteiger partial charge in [0.25, 0.3) is 0 Å². The molecule has 0 rings (SSSR count). The fourth-order valence-corrected chi connectivity index (χ4v) is 7.49. The molecular formula is C53H96N2O7P+. The number of phosphoric acid groups is 1. The molecule has 3 unspecified atom stereocenters. The van der Waals surface area contributed by atoms with Crippen molar-refractivity contribution in [3.63, 3.8) is 0 Å². The van der Waals surface area contributed by atoms with Crippen LogP contribution in [0.2, 0.25) is 0 Å². The molecule has 364 valence electrons. The fraction of sp³-hybridized carbons (Fsp3) is 0.736. The largest absolute Gasteiger partial charge is 0.472 e. The number of esters is 1. The molecule has 10 heteroatoms. The van der Waals surface area contributed by atoms with E-state index in [1.165, 1.54) is 83.5 Å². The molecule has 0 aromatic carbocycles. The lowest BCUT2D eigenvalue weighted by atomic mass is 10.1. The first-order valence-corrected chi connectivity index (χ1v) is 26.8. The Morgan fingerprint density at radius 1 is 0.587 bits per heavy atom. The van der Waals surface area contributed by atoms with Crippen molar-refractivity contribution in [2.45, 2.75) is 213 Å². The van der Waals surface area contributed by atoms with Crippen LogP contribution < -0.4 is 5.32 Å². The summed E-state index contributed by atoms with van der Waals surface area (Å²) in [5.41, 5.74) is 0. The van der Waals surface area contributed by atoms with E-state index in [-0.39, 0.29) is 25.5 Å². The lowest BCUT2D eigenvalue weighted by molar-refractivity contribution is -0.870. The standard InChI is InChI=1S/C53H95N2O7P/c1-7-10-13-16-19-22-25-27-30-33-36-39-42-45-52(56)54-50(49-61-63(58,59)60-48-47-55(4,5)6)51(44-41-38-35-32-29-24-21-18-15-12-9-3)62-53(57)46-43-40-37-34-31-28-26-23-20-17-14-11-8-2/h10,13,16,19,22,25,28,31,37,40-41,44,50-51H,7-9,11-12,14-15,17-18,20-21,23-24,26-27,29-30,32-36,38-39,42-43,45-49H2,1-6H3,(H-,54,56,58,59)/p+1/b13-10+,19-16+,25-22-,31-28-,40-37+,44-41+.